The molecule has 19 heavy (non-hydrogen) atoms. The molecule has 4 heteroatoms. The summed E-state index contributed by atoms with van der Waals surface area (Å²) in [6.45, 7) is 5.45. The zero-order valence-electron chi connectivity index (χ0n) is 11.9. The molecule has 1 N–H and O–H groups in total. The van der Waals surface area contributed by atoms with Crippen LogP contribution in [0.3, 0.4) is 0 Å². The van der Waals surface area contributed by atoms with Gasteiger partial charge in [-0.2, -0.15) is 0 Å². The third kappa shape index (κ3) is 5.41. The van der Waals surface area contributed by atoms with E-state index in [0.29, 0.717) is 19.8 Å². The predicted molar refractivity (Wildman–Crippen MR) is 74.7 cm³/mol. The van der Waals surface area contributed by atoms with E-state index in [-0.39, 0.29) is 12.0 Å². The fourth-order valence-electron chi connectivity index (χ4n) is 1.87. The van der Waals surface area contributed by atoms with E-state index in [4.69, 9.17) is 9.47 Å². The molecule has 1 rings (SSSR count). The van der Waals surface area contributed by atoms with Gasteiger partial charge in [-0.1, -0.05) is 31.2 Å². The minimum atomic E-state index is -0.244. The minimum absolute atomic E-state index is 0.182. The summed E-state index contributed by atoms with van der Waals surface area (Å²) in [5, 5.41) is 3.22. The second kappa shape index (κ2) is 8.67. The molecule has 0 bridgehead atoms. The quantitative estimate of drug-likeness (QED) is 0.732. The SMILES string of the molecule is CCOC(=O)C(CC)NCc1cccc(COC)c1. The van der Waals surface area contributed by atoms with Gasteiger partial charge in [-0.25, -0.2) is 0 Å². The van der Waals surface area contributed by atoms with Crippen molar-refractivity contribution < 1.29 is 14.3 Å². The molecule has 0 aliphatic heterocycles. The monoisotopic (exact) mass is 265 g/mol. The lowest BCUT2D eigenvalue weighted by molar-refractivity contribution is -0.145. The molecule has 1 aromatic carbocycles. The Balaban J connectivity index is 2.54. The molecule has 0 aliphatic rings. The third-order valence-electron chi connectivity index (χ3n) is 2.83. The Labute approximate surface area is 115 Å². The first-order valence-electron chi connectivity index (χ1n) is 6.68. The van der Waals surface area contributed by atoms with Gasteiger partial charge in [0.05, 0.1) is 13.2 Å². The number of nitrogens with one attached hydrogen (secondary N) is 1. The fourth-order valence-corrected chi connectivity index (χ4v) is 1.87. The Morgan fingerprint density at radius 1 is 1.32 bits per heavy atom. The number of esters is 1. The van der Waals surface area contributed by atoms with Crippen molar-refractivity contribution in [3.8, 4) is 0 Å². The first-order chi connectivity index (χ1) is 9.21. The Hall–Kier alpha value is -1.39. The van der Waals surface area contributed by atoms with Gasteiger partial charge in [0, 0.05) is 13.7 Å². The molecular weight excluding hydrogens is 242 g/mol. The summed E-state index contributed by atoms with van der Waals surface area (Å²) in [5.41, 5.74) is 2.27. The van der Waals surface area contributed by atoms with Gasteiger partial charge in [0.25, 0.3) is 0 Å². The number of rotatable bonds is 8. The highest BCUT2D eigenvalue weighted by Crippen LogP contribution is 2.07. The second-order valence-corrected chi connectivity index (χ2v) is 4.35. The number of ether oxygens (including phenoxy) is 2. The Morgan fingerprint density at radius 2 is 2.05 bits per heavy atom. The lowest BCUT2D eigenvalue weighted by Gasteiger charge is -2.15. The molecule has 0 aliphatic carbocycles. The molecule has 0 radical (unpaired) electrons. The molecule has 1 atom stereocenters. The molecule has 0 saturated carbocycles. The zero-order chi connectivity index (χ0) is 14.1. The molecule has 0 heterocycles. The Bertz CT molecular complexity index is 393. The number of methoxy groups -OCH3 is 1. The van der Waals surface area contributed by atoms with Crippen LogP contribution in [0.15, 0.2) is 24.3 Å². The normalized spacial score (nSPS) is 12.2. The molecule has 4 nitrogen and oxygen atoms in total. The van der Waals surface area contributed by atoms with E-state index < -0.39 is 0 Å². The Morgan fingerprint density at radius 3 is 2.68 bits per heavy atom. The molecule has 0 spiro atoms. The molecular formula is C15H23NO3. The first kappa shape index (κ1) is 15.7. The van der Waals surface area contributed by atoms with Gasteiger partial charge in [-0.05, 0) is 24.5 Å². The summed E-state index contributed by atoms with van der Waals surface area (Å²) < 4.78 is 10.1. The lowest BCUT2D eigenvalue weighted by Crippen LogP contribution is -2.37. The van der Waals surface area contributed by atoms with Crippen molar-refractivity contribution in [2.24, 2.45) is 0 Å². The lowest BCUT2D eigenvalue weighted by atomic mass is 10.1. The van der Waals surface area contributed by atoms with Crippen LogP contribution in [-0.4, -0.2) is 25.7 Å². The number of carbonyl (C=O) groups is 1. The van der Waals surface area contributed by atoms with Gasteiger partial charge in [0.2, 0.25) is 0 Å². The fraction of sp³-hybridized carbons (Fsp3) is 0.533. The molecule has 0 aromatic heterocycles. The maximum Gasteiger partial charge on any atom is 0.323 e. The molecule has 0 fully saturated rings. The number of hydrogen-bond acceptors (Lipinski definition) is 4. The molecule has 1 aromatic rings. The van der Waals surface area contributed by atoms with E-state index in [0.717, 1.165) is 17.5 Å². The van der Waals surface area contributed by atoms with Crippen LogP contribution in [0.5, 0.6) is 0 Å². The van der Waals surface area contributed by atoms with Crippen molar-refractivity contribution in [3.05, 3.63) is 35.4 Å². The van der Waals surface area contributed by atoms with Crippen molar-refractivity contribution >= 4 is 5.97 Å². The smallest absolute Gasteiger partial charge is 0.323 e. The maximum absolute atomic E-state index is 11.7. The molecule has 1 unspecified atom stereocenters. The topological polar surface area (TPSA) is 47.6 Å². The van der Waals surface area contributed by atoms with Crippen LogP contribution in [0.25, 0.3) is 0 Å². The summed E-state index contributed by atoms with van der Waals surface area (Å²) in [4.78, 5) is 11.7. The Kier molecular flexibility index (Phi) is 7.15. The van der Waals surface area contributed by atoms with Gasteiger partial charge in [0.1, 0.15) is 6.04 Å². The highest BCUT2D eigenvalue weighted by atomic mass is 16.5. The minimum Gasteiger partial charge on any atom is -0.465 e. The average Bonchev–Trinajstić information content (AvgIpc) is 2.40. The summed E-state index contributed by atoms with van der Waals surface area (Å²) in [7, 11) is 1.68. The number of carbonyl (C=O) groups excluding carboxylic acids is 1. The van der Waals surface area contributed by atoms with Gasteiger partial charge < -0.3 is 14.8 Å². The van der Waals surface area contributed by atoms with Crippen LogP contribution < -0.4 is 5.32 Å². The molecule has 0 amide bonds. The van der Waals surface area contributed by atoms with Gasteiger partial charge in [-0.3, -0.25) is 4.79 Å². The van der Waals surface area contributed by atoms with Crippen molar-refractivity contribution in [1.82, 2.24) is 5.32 Å². The van der Waals surface area contributed by atoms with Gasteiger partial charge >= 0.3 is 5.97 Å². The van der Waals surface area contributed by atoms with Crippen LogP contribution >= 0.6 is 0 Å². The standard InChI is InChI=1S/C15H23NO3/c1-4-14(15(17)19-5-2)16-10-12-7-6-8-13(9-12)11-18-3/h6-9,14,16H,4-5,10-11H2,1-3H3. The van der Waals surface area contributed by atoms with E-state index in [2.05, 4.69) is 11.4 Å². The maximum atomic E-state index is 11.7. The largest absolute Gasteiger partial charge is 0.465 e. The van der Waals surface area contributed by atoms with E-state index >= 15 is 0 Å². The summed E-state index contributed by atoms with van der Waals surface area (Å²) in [6.07, 6.45) is 0.719. The van der Waals surface area contributed by atoms with E-state index in [9.17, 15) is 4.79 Å². The summed E-state index contributed by atoms with van der Waals surface area (Å²) in [6, 6.07) is 7.89. The molecule has 0 saturated heterocycles. The number of benzene rings is 1. The van der Waals surface area contributed by atoms with E-state index in [1.54, 1.807) is 7.11 Å². The first-order valence-corrected chi connectivity index (χ1v) is 6.68. The summed E-state index contributed by atoms with van der Waals surface area (Å²) in [5.74, 6) is -0.182. The van der Waals surface area contributed by atoms with Crippen LogP contribution in [0, 0.1) is 0 Å². The summed E-state index contributed by atoms with van der Waals surface area (Å²) >= 11 is 0. The van der Waals surface area contributed by atoms with Crippen LogP contribution in [-0.2, 0) is 27.4 Å². The van der Waals surface area contributed by atoms with Crippen molar-refractivity contribution in [1.29, 1.82) is 0 Å². The van der Waals surface area contributed by atoms with Crippen molar-refractivity contribution in [2.75, 3.05) is 13.7 Å². The average molecular weight is 265 g/mol. The van der Waals surface area contributed by atoms with Crippen molar-refractivity contribution in [3.63, 3.8) is 0 Å². The van der Waals surface area contributed by atoms with Crippen LogP contribution in [0.1, 0.15) is 31.4 Å². The highest BCUT2D eigenvalue weighted by molar-refractivity contribution is 5.75. The third-order valence-corrected chi connectivity index (χ3v) is 2.83. The van der Waals surface area contributed by atoms with Gasteiger partial charge in [-0.15, -0.1) is 0 Å². The van der Waals surface area contributed by atoms with Crippen LogP contribution in [0.4, 0.5) is 0 Å². The van der Waals surface area contributed by atoms with E-state index in [1.807, 2.05) is 32.0 Å². The predicted octanol–water partition coefficient (Wildman–Crippen LogP) is 2.26. The van der Waals surface area contributed by atoms with Gasteiger partial charge in [0.15, 0.2) is 0 Å². The van der Waals surface area contributed by atoms with Crippen molar-refractivity contribution in [2.45, 2.75) is 39.5 Å². The second-order valence-electron chi connectivity index (χ2n) is 4.35. The zero-order valence-corrected chi connectivity index (χ0v) is 11.9. The van der Waals surface area contributed by atoms with Crippen LogP contribution in [0.2, 0.25) is 0 Å². The molecule has 106 valence electrons. The van der Waals surface area contributed by atoms with E-state index in [1.165, 1.54) is 0 Å². The number of hydrogen-bond donors (Lipinski definition) is 1. The highest BCUT2D eigenvalue weighted by Gasteiger charge is 2.16.